The number of nitrogens with zero attached hydrogens (tertiary/aromatic N) is 3. The van der Waals surface area contributed by atoms with Crippen molar-refractivity contribution >= 4 is 17.4 Å². The van der Waals surface area contributed by atoms with E-state index in [0.29, 0.717) is 22.9 Å². The Hall–Kier alpha value is -3.81. The topological polar surface area (TPSA) is 85.8 Å². The predicted molar refractivity (Wildman–Crippen MR) is 132 cm³/mol. The van der Waals surface area contributed by atoms with Crippen molar-refractivity contribution in [1.82, 2.24) is 10.2 Å². The lowest BCUT2D eigenvalue weighted by Gasteiger charge is -2.20. The molecule has 0 aliphatic carbocycles. The number of amides is 1. The molecule has 2 heterocycles. The number of methoxy groups -OCH3 is 2. The van der Waals surface area contributed by atoms with E-state index < -0.39 is 0 Å². The molecule has 1 N–H and O–H groups in total. The molecule has 0 radical (unpaired) electrons. The summed E-state index contributed by atoms with van der Waals surface area (Å²) in [6.45, 7) is 1.91. The van der Waals surface area contributed by atoms with Gasteiger partial charge in [0, 0.05) is 42.5 Å². The summed E-state index contributed by atoms with van der Waals surface area (Å²) in [4.78, 5) is 14.8. The Balaban J connectivity index is 1.37. The maximum Gasteiger partial charge on any atom is 0.262 e. The first-order valence-electron chi connectivity index (χ1n) is 11.5. The third-order valence-electron chi connectivity index (χ3n) is 5.72. The Bertz CT molecular complexity index is 1070. The lowest BCUT2D eigenvalue weighted by Crippen LogP contribution is -2.25. The van der Waals surface area contributed by atoms with E-state index >= 15 is 0 Å². The highest BCUT2D eigenvalue weighted by Gasteiger charge is 2.12. The second kappa shape index (κ2) is 11.4. The minimum atomic E-state index is -0.276. The molecule has 8 heteroatoms. The number of aromatic nitrogens is 2. The van der Waals surface area contributed by atoms with Gasteiger partial charge < -0.3 is 24.4 Å². The number of ether oxygens (including phenoxy) is 3. The maximum absolute atomic E-state index is 12.5. The lowest BCUT2D eigenvalue weighted by atomic mass is 10.1. The van der Waals surface area contributed by atoms with E-state index in [-0.39, 0.29) is 12.5 Å². The molecule has 1 amide bonds. The van der Waals surface area contributed by atoms with Gasteiger partial charge in [0.05, 0.1) is 19.9 Å². The van der Waals surface area contributed by atoms with Crippen molar-refractivity contribution in [3.8, 4) is 28.5 Å². The zero-order chi connectivity index (χ0) is 23.8. The van der Waals surface area contributed by atoms with Crippen molar-refractivity contribution in [1.29, 1.82) is 0 Å². The van der Waals surface area contributed by atoms with E-state index in [1.807, 2.05) is 36.4 Å². The number of nitrogens with one attached hydrogen (secondary N) is 1. The van der Waals surface area contributed by atoms with Crippen LogP contribution in [0.1, 0.15) is 25.7 Å². The Labute approximate surface area is 199 Å². The molecule has 0 bridgehead atoms. The molecule has 0 spiro atoms. The normalized spacial score (nSPS) is 13.6. The van der Waals surface area contributed by atoms with Crippen LogP contribution in [-0.2, 0) is 4.79 Å². The van der Waals surface area contributed by atoms with E-state index in [2.05, 4.69) is 20.4 Å². The highest BCUT2D eigenvalue weighted by Crippen LogP contribution is 2.27. The molecular weight excluding hydrogens is 432 g/mol. The lowest BCUT2D eigenvalue weighted by molar-refractivity contribution is -0.118. The molecule has 8 nitrogen and oxygen atoms in total. The van der Waals surface area contributed by atoms with Crippen molar-refractivity contribution in [3.05, 3.63) is 54.6 Å². The zero-order valence-corrected chi connectivity index (χ0v) is 19.6. The van der Waals surface area contributed by atoms with Crippen LogP contribution in [0.2, 0.25) is 0 Å². The van der Waals surface area contributed by atoms with Crippen molar-refractivity contribution in [2.45, 2.75) is 25.7 Å². The molecule has 1 aliphatic heterocycles. The maximum atomic E-state index is 12.5. The van der Waals surface area contributed by atoms with Crippen LogP contribution < -0.4 is 24.4 Å². The summed E-state index contributed by atoms with van der Waals surface area (Å²) in [5, 5.41) is 11.7. The first kappa shape index (κ1) is 23.4. The molecule has 1 fully saturated rings. The van der Waals surface area contributed by atoms with Gasteiger partial charge in [-0.1, -0.05) is 25.0 Å². The first-order chi connectivity index (χ1) is 16.6. The number of rotatable bonds is 8. The van der Waals surface area contributed by atoms with Crippen molar-refractivity contribution in [2.24, 2.45) is 0 Å². The third-order valence-corrected chi connectivity index (χ3v) is 5.72. The molecule has 0 atom stereocenters. The molecule has 4 rings (SSSR count). The van der Waals surface area contributed by atoms with Gasteiger partial charge in [0.2, 0.25) is 0 Å². The highest BCUT2D eigenvalue weighted by molar-refractivity contribution is 5.92. The summed E-state index contributed by atoms with van der Waals surface area (Å²) in [6, 6.07) is 16.7. The zero-order valence-electron chi connectivity index (χ0n) is 19.6. The minimum Gasteiger partial charge on any atom is -0.496 e. The van der Waals surface area contributed by atoms with Crippen LogP contribution in [0.5, 0.6) is 17.2 Å². The summed E-state index contributed by atoms with van der Waals surface area (Å²) in [7, 11) is 3.12. The molecule has 1 aliphatic rings. The van der Waals surface area contributed by atoms with Gasteiger partial charge in [-0.05, 0) is 37.1 Å². The molecular formula is C26H30N4O4. The Morgan fingerprint density at radius 1 is 0.882 bits per heavy atom. The molecule has 1 aromatic heterocycles. The van der Waals surface area contributed by atoms with Crippen LogP contribution in [0.25, 0.3) is 11.3 Å². The van der Waals surface area contributed by atoms with E-state index in [0.717, 1.165) is 30.2 Å². The minimum absolute atomic E-state index is 0.148. The van der Waals surface area contributed by atoms with E-state index in [1.165, 1.54) is 25.7 Å². The highest BCUT2D eigenvalue weighted by atomic mass is 16.5. The monoisotopic (exact) mass is 462 g/mol. The largest absolute Gasteiger partial charge is 0.496 e. The molecule has 0 unspecified atom stereocenters. The van der Waals surface area contributed by atoms with Gasteiger partial charge in [0.15, 0.2) is 12.4 Å². The third kappa shape index (κ3) is 6.15. The quantitative estimate of drug-likeness (QED) is 0.525. The van der Waals surface area contributed by atoms with Crippen LogP contribution >= 0.6 is 0 Å². The summed E-state index contributed by atoms with van der Waals surface area (Å²) >= 11 is 0. The molecule has 1 saturated heterocycles. The smallest absolute Gasteiger partial charge is 0.262 e. The predicted octanol–water partition coefficient (Wildman–Crippen LogP) is 4.56. The number of benzene rings is 2. The first-order valence-corrected chi connectivity index (χ1v) is 11.5. The SMILES string of the molecule is COc1cc(OC)cc(OCC(=O)Nc2cccc(-c3ccc(N4CCCCCC4)nn3)c2)c1. The van der Waals surface area contributed by atoms with E-state index in [4.69, 9.17) is 14.2 Å². The van der Waals surface area contributed by atoms with Gasteiger partial charge >= 0.3 is 0 Å². The van der Waals surface area contributed by atoms with Crippen LogP contribution in [0.4, 0.5) is 11.5 Å². The number of carbonyl (C=O) groups is 1. The average Bonchev–Trinajstić information content (AvgIpc) is 3.17. The van der Waals surface area contributed by atoms with Crippen LogP contribution in [0, 0.1) is 0 Å². The molecule has 178 valence electrons. The van der Waals surface area contributed by atoms with Crippen molar-refractivity contribution in [3.63, 3.8) is 0 Å². The Kier molecular flexibility index (Phi) is 7.80. The van der Waals surface area contributed by atoms with Gasteiger partial charge in [-0.25, -0.2) is 0 Å². The van der Waals surface area contributed by atoms with Gasteiger partial charge in [0.1, 0.15) is 17.2 Å². The Morgan fingerprint density at radius 2 is 1.59 bits per heavy atom. The van der Waals surface area contributed by atoms with Crippen molar-refractivity contribution < 1.29 is 19.0 Å². The van der Waals surface area contributed by atoms with Gasteiger partial charge in [-0.2, -0.15) is 0 Å². The fourth-order valence-electron chi connectivity index (χ4n) is 3.91. The number of anilines is 2. The van der Waals surface area contributed by atoms with Gasteiger partial charge in [-0.15, -0.1) is 10.2 Å². The summed E-state index contributed by atoms with van der Waals surface area (Å²) in [5.74, 6) is 2.30. The van der Waals surface area contributed by atoms with Gasteiger partial charge in [0.25, 0.3) is 5.91 Å². The number of hydrogen-bond donors (Lipinski definition) is 1. The molecule has 2 aromatic carbocycles. The summed E-state index contributed by atoms with van der Waals surface area (Å²) in [5.41, 5.74) is 2.30. The standard InChI is InChI=1S/C26H30N4O4/c1-32-21-15-22(33-2)17-23(16-21)34-18-26(31)27-20-9-7-8-19(14-20)24-10-11-25(29-28-24)30-12-5-3-4-6-13-30/h7-11,14-17H,3-6,12-13,18H2,1-2H3,(H,27,31). The van der Waals surface area contributed by atoms with Crippen LogP contribution in [0.15, 0.2) is 54.6 Å². The molecule has 3 aromatic rings. The fourth-order valence-corrected chi connectivity index (χ4v) is 3.91. The summed E-state index contributed by atoms with van der Waals surface area (Å²) in [6.07, 6.45) is 4.94. The summed E-state index contributed by atoms with van der Waals surface area (Å²) < 4.78 is 16.1. The number of carbonyl (C=O) groups excluding carboxylic acids is 1. The van der Waals surface area contributed by atoms with Crippen molar-refractivity contribution in [2.75, 3.05) is 44.1 Å². The molecule has 0 saturated carbocycles. The van der Waals surface area contributed by atoms with Crippen LogP contribution in [-0.4, -0.2) is 50.0 Å². The van der Waals surface area contributed by atoms with Gasteiger partial charge in [-0.3, -0.25) is 4.79 Å². The second-order valence-electron chi connectivity index (χ2n) is 8.14. The van der Waals surface area contributed by atoms with E-state index in [9.17, 15) is 4.79 Å². The molecule has 34 heavy (non-hydrogen) atoms. The van der Waals surface area contributed by atoms with E-state index in [1.54, 1.807) is 32.4 Å². The Morgan fingerprint density at radius 3 is 2.24 bits per heavy atom. The second-order valence-corrected chi connectivity index (χ2v) is 8.14. The number of hydrogen-bond acceptors (Lipinski definition) is 7. The van der Waals surface area contributed by atoms with Crippen LogP contribution in [0.3, 0.4) is 0 Å². The average molecular weight is 463 g/mol. The fraction of sp³-hybridized carbons (Fsp3) is 0.346.